The second kappa shape index (κ2) is 15.9. The van der Waals surface area contributed by atoms with Crippen LogP contribution in [0.15, 0.2) is 99.7 Å². The first-order valence-electron chi connectivity index (χ1n) is 20.5. The van der Waals surface area contributed by atoms with E-state index in [2.05, 4.69) is 0 Å². The summed E-state index contributed by atoms with van der Waals surface area (Å²) < 4.78 is 118. The molecule has 0 spiro atoms. The lowest BCUT2D eigenvalue weighted by atomic mass is 9.75. The number of ether oxygens (including phenoxy) is 2. The highest BCUT2D eigenvalue weighted by atomic mass is 32.2. The van der Waals surface area contributed by atoms with Gasteiger partial charge in [-0.2, -0.15) is 5.10 Å². The molecule has 0 N–H and O–H groups in total. The molecular weight excluding hydrogens is 855 g/mol. The van der Waals surface area contributed by atoms with E-state index in [1.54, 1.807) is 19.2 Å². The summed E-state index contributed by atoms with van der Waals surface area (Å²) in [6.45, 7) is 11.7. The zero-order chi connectivity index (χ0) is 44.6. The number of nitrogens with zero attached hydrogens (tertiary/aromatic N) is 4. The molecule has 1 fully saturated rings. The third-order valence-electron chi connectivity index (χ3n) is 12.1. The normalized spacial score (nSPS) is 22.8. The molecule has 4 bridgehead atoms. The minimum Gasteiger partial charge on any atom is -0.347 e. The molecule has 6 aromatic rings. The van der Waals surface area contributed by atoms with Crippen molar-refractivity contribution in [1.29, 1.82) is 0 Å². The molecule has 4 aromatic carbocycles. The predicted molar refractivity (Wildman–Crippen MR) is 233 cm³/mol. The topological polar surface area (TPSA) is 139 Å². The van der Waals surface area contributed by atoms with Crippen LogP contribution >= 0.6 is 0 Å². The van der Waals surface area contributed by atoms with Crippen molar-refractivity contribution in [1.82, 2.24) is 18.7 Å². The Morgan fingerprint density at radius 2 is 1.66 bits per heavy atom. The number of hydrogen-bond acceptors (Lipinski definition) is 9. The van der Waals surface area contributed by atoms with Gasteiger partial charge in [0.1, 0.15) is 17.7 Å². The van der Waals surface area contributed by atoms with E-state index in [-0.39, 0.29) is 60.8 Å². The second-order valence-corrected chi connectivity index (χ2v) is 23.4. The van der Waals surface area contributed by atoms with E-state index in [9.17, 15) is 21.0 Å². The van der Waals surface area contributed by atoms with E-state index >= 15 is 8.78 Å². The van der Waals surface area contributed by atoms with E-state index in [0.29, 0.717) is 31.7 Å². The zero-order valence-corrected chi connectivity index (χ0v) is 38.2. The largest absolute Gasteiger partial charge is 0.347 e. The third-order valence-corrected chi connectivity index (χ3v) is 17.3. The summed E-state index contributed by atoms with van der Waals surface area (Å²) in [6.07, 6.45) is 2.31. The summed E-state index contributed by atoms with van der Waals surface area (Å²) in [6, 6.07) is 20.4. The van der Waals surface area contributed by atoms with Crippen molar-refractivity contribution in [3.05, 3.63) is 125 Å². The highest BCUT2D eigenvalue weighted by molar-refractivity contribution is 7.91. The maximum absolute atomic E-state index is 16.7. The number of aromatic nitrogens is 4. The molecule has 2 aliphatic rings. The number of halogens is 2. The van der Waals surface area contributed by atoms with Crippen molar-refractivity contribution < 1.29 is 39.3 Å². The first-order chi connectivity index (χ1) is 29.1. The van der Waals surface area contributed by atoms with Gasteiger partial charge in [0.15, 0.2) is 27.3 Å². The SMILES string of the molecule is Cc1ccc(S(=O)(=O)n2ccc3c4c(c(F)cc32)S(=O)c2ccc(F)c(c2)-c2nc(nn2C)[C@@](C)(c2cccc([C@@H]3COC(C)(C)O3)c2)CCCC(C)(C)CS(=O)(=O)CC4)cc1. The van der Waals surface area contributed by atoms with Crippen molar-refractivity contribution in [2.45, 2.75) is 99.2 Å². The van der Waals surface area contributed by atoms with Crippen molar-refractivity contribution in [2.75, 3.05) is 18.1 Å². The van der Waals surface area contributed by atoms with E-state index in [1.165, 1.54) is 41.2 Å². The molecule has 8 rings (SSSR count). The van der Waals surface area contributed by atoms with Crippen LogP contribution in [0.2, 0.25) is 0 Å². The summed E-state index contributed by atoms with van der Waals surface area (Å²) in [7, 11) is -8.74. The molecule has 2 aliphatic heterocycles. The standard InChI is InChI=1S/C46H50F2N4O7S3/c1-29-12-15-33(16-13-29)62(56,57)52-22-18-34-35-19-23-61(54,55)28-44(2,3)20-9-21-46(6,31-11-8-10-30(24-31)40-27-58-45(4,5)59-40)43-49-42(51(7)50-43)36-25-32(14-17-37(36)47)60(53)41(35)38(48)26-39(34)52/h8,10-18,22,24-26,40H,9,19-21,23,27-28H2,1-7H3/t40-,46+,60?/m0/s1. The van der Waals surface area contributed by atoms with Crippen LogP contribution in [-0.2, 0) is 59.0 Å². The molecule has 0 radical (unpaired) electrons. The van der Waals surface area contributed by atoms with Crippen LogP contribution in [0.1, 0.15) is 88.1 Å². The molecule has 62 heavy (non-hydrogen) atoms. The molecule has 328 valence electrons. The van der Waals surface area contributed by atoms with Crippen LogP contribution in [0.3, 0.4) is 0 Å². The monoisotopic (exact) mass is 904 g/mol. The lowest BCUT2D eigenvalue weighted by Gasteiger charge is -2.31. The van der Waals surface area contributed by atoms with Gasteiger partial charge in [-0.1, -0.05) is 62.2 Å². The predicted octanol–water partition coefficient (Wildman–Crippen LogP) is 8.72. The van der Waals surface area contributed by atoms with Crippen molar-refractivity contribution >= 4 is 41.6 Å². The summed E-state index contributed by atoms with van der Waals surface area (Å²) >= 11 is 0. The van der Waals surface area contributed by atoms with Gasteiger partial charge in [0.25, 0.3) is 10.0 Å². The maximum Gasteiger partial charge on any atom is 0.268 e. The van der Waals surface area contributed by atoms with Gasteiger partial charge in [-0.25, -0.2) is 43.5 Å². The van der Waals surface area contributed by atoms with Gasteiger partial charge in [-0.05, 0) is 105 Å². The Bertz CT molecular complexity index is 2980. The number of aryl methyl sites for hydroxylation is 3. The minimum atomic E-state index is -4.22. The summed E-state index contributed by atoms with van der Waals surface area (Å²) in [5, 5.41) is 5.08. The fraction of sp³-hybridized carbons (Fsp3) is 0.391. The summed E-state index contributed by atoms with van der Waals surface area (Å²) in [5.74, 6) is -2.46. The molecule has 16 heteroatoms. The van der Waals surface area contributed by atoms with Gasteiger partial charge in [0.2, 0.25) is 0 Å². The molecule has 2 aromatic heterocycles. The van der Waals surface area contributed by atoms with E-state index in [0.717, 1.165) is 32.8 Å². The Kier molecular flexibility index (Phi) is 11.3. The number of hydrogen-bond donors (Lipinski definition) is 0. The highest BCUT2D eigenvalue weighted by Crippen LogP contribution is 2.42. The van der Waals surface area contributed by atoms with Gasteiger partial charge in [0.05, 0.1) is 55.2 Å². The van der Waals surface area contributed by atoms with Gasteiger partial charge in [0, 0.05) is 29.6 Å². The fourth-order valence-corrected chi connectivity index (χ4v) is 13.4. The Morgan fingerprint density at radius 1 is 0.919 bits per heavy atom. The first-order valence-corrected chi connectivity index (χ1v) is 24.9. The first kappa shape index (κ1) is 44.0. The Hall–Kier alpha value is -4.61. The fourth-order valence-electron chi connectivity index (χ4n) is 8.76. The minimum absolute atomic E-state index is 0.0184. The summed E-state index contributed by atoms with van der Waals surface area (Å²) in [5.41, 5.74) is 1.13. The number of sulfone groups is 1. The van der Waals surface area contributed by atoms with Crippen LogP contribution in [0.4, 0.5) is 8.78 Å². The van der Waals surface area contributed by atoms with Gasteiger partial charge in [-0.3, -0.25) is 0 Å². The van der Waals surface area contributed by atoms with Gasteiger partial charge >= 0.3 is 0 Å². The van der Waals surface area contributed by atoms with Crippen LogP contribution < -0.4 is 0 Å². The van der Waals surface area contributed by atoms with Crippen LogP contribution in [0, 0.1) is 24.0 Å². The van der Waals surface area contributed by atoms with Crippen molar-refractivity contribution in [3.63, 3.8) is 0 Å². The summed E-state index contributed by atoms with van der Waals surface area (Å²) in [4.78, 5) is 4.64. The molecule has 1 saturated heterocycles. The third kappa shape index (κ3) is 8.31. The number of benzene rings is 4. The second-order valence-electron chi connectivity index (χ2n) is 18.0. The van der Waals surface area contributed by atoms with Crippen molar-refractivity contribution in [3.8, 4) is 11.4 Å². The van der Waals surface area contributed by atoms with Crippen LogP contribution in [0.25, 0.3) is 22.3 Å². The lowest BCUT2D eigenvalue weighted by Crippen LogP contribution is -2.29. The molecule has 3 atom stereocenters. The molecule has 0 aliphatic carbocycles. The molecule has 0 amide bonds. The molecule has 11 nitrogen and oxygen atoms in total. The molecule has 4 heterocycles. The van der Waals surface area contributed by atoms with Crippen LogP contribution in [-0.4, -0.2) is 63.7 Å². The van der Waals surface area contributed by atoms with E-state index in [1.807, 2.05) is 65.8 Å². The Labute approximate surface area is 363 Å². The number of rotatable bonds is 4. The van der Waals surface area contributed by atoms with Crippen molar-refractivity contribution in [2.24, 2.45) is 12.5 Å². The maximum atomic E-state index is 16.7. The zero-order valence-electron chi connectivity index (χ0n) is 35.7. The van der Waals surface area contributed by atoms with E-state index < -0.39 is 64.7 Å². The quantitative estimate of drug-likeness (QED) is 0.170. The van der Waals surface area contributed by atoms with Gasteiger partial charge < -0.3 is 9.47 Å². The molecule has 1 unspecified atom stereocenters. The van der Waals surface area contributed by atoms with E-state index in [4.69, 9.17) is 19.6 Å². The lowest BCUT2D eigenvalue weighted by molar-refractivity contribution is -0.139. The Balaban J connectivity index is 1.28. The average Bonchev–Trinajstić information content (AvgIpc) is 3.92. The molecular formula is C46H50F2N4O7S3. The smallest absolute Gasteiger partial charge is 0.268 e. The highest BCUT2D eigenvalue weighted by Gasteiger charge is 2.39. The molecule has 0 saturated carbocycles. The van der Waals surface area contributed by atoms with Gasteiger partial charge in [-0.15, -0.1) is 0 Å². The Morgan fingerprint density at radius 3 is 2.37 bits per heavy atom. The number of fused-ring (bicyclic) bond motifs is 8. The van der Waals surface area contributed by atoms with Crippen LogP contribution in [0.5, 0.6) is 0 Å². The average molecular weight is 905 g/mol.